The Bertz CT molecular complexity index is 1740. The van der Waals surface area contributed by atoms with Gasteiger partial charge in [-0.1, -0.05) is 292 Å². The van der Waals surface area contributed by atoms with Crippen molar-refractivity contribution in [2.24, 2.45) is 0 Å². The summed E-state index contributed by atoms with van der Waals surface area (Å²) in [7, 11) is 0. The second kappa shape index (κ2) is 57.3. The SMILES string of the molecule is CC/C=C\C/C=C\C/C=C\C/C=C\C/C=C\CCCCCCCCCCCCCCCCCCCC(=O)NC(COC1OC(CO)C(OC2OC(CO)C(O)C(O)C2O)C(O)C1O)C(O)/C=C/CCCCCCCCCCCCCCCCCCCC. The van der Waals surface area contributed by atoms with Gasteiger partial charge >= 0.3 is 0 Å². The average molecular weight is 1230 g/mol. The Morgan fingerprint density at radius 3 is 1.22 bits per heavy atom. The van der Waals surface area contributed by atoms with Crippen LogP contribution in [0.5, 0.6) is 0 Å². The first-order valence-electron chi connectivity index (χ1n) is 35.7. The van der Waals surface area contributed by atoms with Crippen molar-refractivity contribution >= 4 is 5.91 Å². The van der Waals surface area contributed by atoms with E-state index in [-0.39, 0.29) is 18.9 Å². The van der Waals surface area contributed by atoms with E-state index in [1.165, 1.54) is 193 Å². The number of carbonyl (C=O) groups excluding carboxylic acids is 1. The maximum absolute atomic E-state index is 13.3. The monoisotopic (exact) mass is 1230 g/mol. The molecule has 14 nitrogen and oxygen atoms in total. The van der Waals surface area contributed by atoms with Gasteiger partial charge < -0.3 is 65.1 Å². The van der Waals surface area contributed by atoms with Crippen molar-refractivity contribution in [3.05, 3.63) is 72.9 Å². The highest BCUT2D eigenvalue weighted by Crippen LogP contribution is 2.30. The zero-order valence-corrected chi connectivity index (χ0v) is 55.0. The van der Waals surface area contributed by atoms with Crippen LogP contribution in [0.25, 0.3) is 0 Å². The number of hydrogen-bond donors (Lipinski definition) is 9. The molecule has 12 atom stereocenters. The third-order valence-corrected chi connectivity index (χ3v) is 17.1. The predicted octanol–water partition coefficient (Wildman–Crippen LogP) is 14.6. The second-order valence-corrected chi connectivity index (χ2v) is 25.0. The Balaban J connectivity index is 1.65. The smallest absolute Gasteiger partial charge is 0.220 e. The van der Waals surface area contributed by atoms with Crippen LogP contribution in [0.1, 0.15) is 290 Å². The van der Waals surface area contributed by atoms with E-state index in [0.717, 1.165) is 70.6 Å². The lowest BCUT2D eigenvalue weighted by atomic mass is 9.97. The van der Waals surface area contributed by atoms with Crippen LogP contribution in [-0.2, 0) is 23.7 Å². The summed E-state index contributed by atoms with van der Waals surface area (Å²) in [5, 5.41) is 87.5. The molecule has 2 fully saturated rings. The Morgan fingerprint density at radius 2 is 0.793 bits per heavy atom. The van der Waals surface area contributed by atoms with Gasteiger partial charge in [-0.2, -0.15) is 0 Å². The van der Waals surface area contributed by atoms with Gasteiger partial charge in [0.1, 0.15) is 48.8 Å². The van der Waals surface area contributed by atoms with Gasteiger partial charge in [-0.15, -0.1) is 0 Å². The highest BCUT2D eigenvalue weighted by atomic mass is 16.7. The van der Waals surface area contributed by atoms with Crippen molar-refractivity contribution < 1.29 is 64.6 Å². The van der Waals surface area contributed by atoms with Gasteiger partial charge in [0, 0.05) is 6.42 Å². The molecule has 0 aromatic carbocycles. The number of ether oxygens (including phenoxy) is 4. The summed E-state index contributed by atoms with van der Waals surface area (Å²) in [6.07, 6.45) is 61.0. The van der Waals surface area contributed by atoms with E-state index in [1.807, 2.05) is 6.08 Å². The molecule has 0 aromatic heterocycles. The number of nitrogens with one attached hydrogen (secondary N) is 1. The number of unbranched alkanes of at least 4 members (excludes halogenated alkanes) is 35. The van der Waals surface area contributed by atoms with Crippen LogP contribution in [0.3, 0.4) is 0 Å². The topological polar surface area (TPSA) is 228 Å². The first-order chi connectivity index (χ1) is 42.6. The van der Waals surface area contributed by atoms with E-state index in [0.29, 0.717) is 6.42 Å². The van der Waals surface area contributed by atoms with Gasteiger partial charge in [0.05, 0.1) is 32.0 Å². The van der Waals surface area contributed by atoms with Crippen LogP contribution >= 0.6 is 0 Å². The maximum Gasteiger partial charge on any atom is 0.220 e. The van der Waals surface area contributed by atoms with Crippen LogP contribution in [0, 0.1) is 0 Å². The first-order valence-corrected chi connectivity index (χ1v) is 35.7. The molecule has 0 spiro atoms. The molecule has 0 aromatic rings. The molecule has 1 amide bonds. The van der Waals surface area contributed by atoms with Crippen molar-refractivity contribution in [2.75, 3.05) is 19.8 Å². The summed E-state index contributed by atoms with van der Waals surface area (Å²) >= 11 is 0. The minimum atomic E-state index is -1.79. The van der Waals surface area contributed by atoms with E-state index in [9.17, 15) is 45.6 Å². The van der Waals surface area contributed by atoms with Crippen molar-refractivity contribution in [3.8, 4) is 0 Å². The highest BCUT2D eigenvalue weighted by Gasteiger charge is 2.51. The number of hydrogen-bond acceptors (Lipinski definition) is 13. The number of amides is 1. The molecule has 2 aliphatic heterocycles. The Morgan fingerprint density at radius 1 is 0.425 bits per heavy atom. The lowest BCUT2D eigenvalue weighted by Gasteiger charge is -2.46. The molecule has 12 unspecified atom stereocenters. The van der Waals surface area contributed by atoms with Gasteiger partial charge in [0.15, 0.2) is 12.6 Å². The lowest BCUT2D eigenvalue weighted by molar-refractivity contribution is -0.359. The molecule has 2 saturated heterocycles. The molecule has 87 heavy (non-hydrogen) atoms. The van der Waals surface area contributed by atoms with Crippen LogP contribution in [0.4, 0.5) is 0 Å². The maximum atomic E-state index is 13.3. The summed E-state index contributed by atoms with van der Waals surface area (Å²) < 4.78 is 22.9. The second-order valence-electron chi connectivity index (χ2n) is 25.0. The fourth-order valence-corrected chi connectivity index (χ4v) is 11.5. The molecule has 9 N–H and O–H groups in total. The minimum absolute atomic E-state index is 0.237. The molecular formula is C73H131NO13. The summed E-state index contributed by atoms with van der Waals surface area (Å²) in [5.41, 5.74) is 0. The van der Waals surface area contributed by atoms with Crippen LogP contribution in [-0.4, -0.2) is 140 Å². The molecule has 2 heterocycles. The van der Waals surface area contributed by atoms with E-state index < -0.39 is 86.8 Å². The summed E-state index contributed by atoms with van der Waals surface area (Å²) in [6.45, 7) is 2.72. The normalized spacial score (nSPS) is 23.7. The number of allylic oxidation sites excluding steroid dienone is 11. The van der Waals surface area contributed by atoms with E-state index in [1.54, 1.807) is 6.08 Å². The first kappa shape index (κ1) is 80.5. The number of aliphatic hydroxyl groups excluding tert-OH is 8. The van der Waals surface area contributed by atoms with Gasteiger partial charge in [0.2, 0.25) is 5.91 Å². The van der Waals surface area contributed by atoms with Crippen molar-refractivity contribution in [2.45, 2.75) is 364 Å². The molecule has 0 radical (unpaired) electrons. The summed E-state index contributed by atoms with van der Waals surface area (Å²) in [5.74, 6) is -0.237. The summed E-state index contributed by atoms with van der Waals surface area (Å²) in [6, 6.07) is -0.917. The molecule has 14 heteroatoms. The average Bonchev–Trinajstić information content (AvgIpc) is 2.59. The van der Waals surface area contributed by atoms with Gasteiger partial charge in [0.25, 0.3) is 0 Å². The molecule has 0 aliphatic carbocycles. The number of aliphatic hydroxyl groups is 8. The quantitative estimate of drug-likeness (QED) is 0.0204. The molecule has 0 bridgehead atoms. The zero-order valence-electron chi connectivity index (χ0n) is 55.0. The number of rotatable bonds is 58. The summed E-state index contributed by atoms with van der Waals surface area (Å²) in [4.78, 5) is 13.3. The van der Waals surface area contributed by atoms with Crippen LogP contribution in [0.15, 0.2) is 72.9 Å². The van der Waals surface area contributed by atoms with Crippen molar-refractivity contribution in [1.29, 1.82) is 0 Å². The fourth-order valence-electron chi connectivity index (χ4n) is 11.5. The van der Waals surface area contributed by atoms with Gasteiger partial charge in [-0.3, -0.25) is 4.79 Å². The van der Waals surface area contributed by atoms with E-state index in [4.69, 9.17) is 18.9 Å². The van der Waals surface area contributed by atoms with Crippen molar-refractivity contribution in [3.63, 3.8) is 0 Å². The van der Waals surface area contributed by atoms with Crippen LogP contribution in [0.2, 0.25) is 0 Å². The largest absolute Gasteiger partial charge is 0.394 e. The molecule has 506 valence electrons. The Labute approximate surface area is 529 Å². The van der Waals surface area contributed by atoms with Crippen LogP contribution < -0.4 is 5.32 Å². The number of carbonyl (C=O) groups is 1. The highest BCUT2D eigenvalue weighted by molar-refractivity contribution is 5.76. The predicted molar refractivity (Wildman–Crippen MR) is 355 cm³/mol. The molecule has 2 rings (SSSR count). The third kappa shape index (κ3) is 41.5. The van der Waals surface area contributed by atoms with Gasteiger partial charge in [-0.05, 0) is 64.2 Å². The minimum Gasteiger partial charge on any atom is -0.394 e. The Kier molecular flexibility index (Phi) is 53.1. The van der Waals surface area contributed by atoms with Crippen molar-refractivity contribution in [1.82, 2.24) is 5.32 Å². The van der Waals surface area contributed by atoms with Gasteiger partial charge in [-0.25, -0.2) is 0 Å². The van der Waals surface area contributed by atoms with E-state index in [2.05, 4.69) is 79.9 Å². The zero-order chi connectivity index (χ0) is 63.1. The molecule has 2 aliphatic rings. The standard InChI is InChI=1S/C73H131NO13/c1-3-5-7-9-11-13-15-17-19-21-23-25-26-27-28-29-30-31-32-33-34-35-36-37-39-41-43-45-47-49-51-53-55-57-65(78)74-61(62(77)56-54-52-50-48-46-44-42-40-38-24-22-20-18-16-14-12-10-8-6-4-2)60-84-72-70(83)68(81)71(64(59-76)86-72)87-73-69(82)67(80)66(79)63(58-75)85-73/h5,7,11,13,17,19,23,25,27-28,54,56,61-64,66-73,75-77,79-83H,3-4,6,8-10,12,14-16,18,20-22,24,26,29-53,55,57-60H2,1-2H3,(H,74,78)/b7-5-,13-11-,19-17-,25-23-,28-27-,56-54+. The molecular weight excluding hydrogens is 1100 g/mol. The Hall–Kier alpha value is -2.57. The third-order valence-electron chi connectivity index (χ3n) is 17.1. The lowest BCUT2D eigenvalue weighted by Crippen LogP contribution is -2.65. The molecule has 0 saturated carbocycles. The van der Waals surface area contributed by atoms with E-state index >= 15 is 0 Å². The fraction of sp³-hybridized carbons (Fsp3) is 0.822.